The molecule has 108 valence electrons. The van der Waals surface area contributed by atoms with Crippen molar-refractivity contribution in [1.29, 1.82) is 0 Å². The van der Waals surface area contributed by atoms with E-state index in [1.807, 2.05) is 18.2 Å². The van der Waals surface area contributed by atoms with E-state index in [9.17, 15) is 4.79 Å². The third-order valence-corrected chi connectivity index (χ3v) is 4.12. The van der Waals surface area contributed by atoms with Gasteiger partial charge in [0.05, 0.1) is 0 Å². The predicted molar refractivity (Wildman–Crippen MR) is 83.1 cm³/mol. The molecule has 0 unspecified atom stereocenters. The molecular formula is C18H20N2O. The predicted octanol–water partition coefficient (Wildman–Crippen LogP) is 2.86. The van der Waals surface area contributed by atoms with Crippen LogP contribution in [0.3, 0.4) is 0 Å². The van der Waals surface area contributed by atoms with Crippen LogP contribution in [0.4, 0.5) is 0 Å². The largest absolute Gasteiger partial charge is 0.356 e. The molecule has 1 aliphatic rings. The topological polar surface area (TPSA) is 42.0 Å². The van der Waals surface area contributed by atoms with E-state index in [2.05, 4.69) is 34.6 Å². The molecule has 0 bridgehead atoms. The Hall–Kier alpha value is -2.16. The summed E-state index contributed by atoms with van der Waals surface area (Å²) in [6.45, 7) is 0.657. The van der Waals surface area contributed by atoms with Crippen molar-refractivity contribution in [2.75, 3.05) is 6.54 Å². The summed E-state index contributed by atoms with van der Waals surface area (Å²) in [4.78, 5) is 16.3. The van der Waals surface area contributed by atoms with Gasteiger partial charge >= 0.3 is 0 Å². The van der Waals surface area contributed by atoms with Crippen LogP contribution in [-0.2, 0) is 17.6 Å². The summed E-state index contributed by atoms with van der Waals surface area (Å²) in [5, 5.41) is 3.01. The van der Waals surface area contributed by atoms with E-state index >= 15 is 0 Å². The lowest BCUT2D eigenvalue weighted by Crippen LogP contribution is -2.27. The van der Waals surface area contributed by atoms with E-state index in [-0.39, 0.29) is 5.91 Å². The number of pyridine rings is 1. The average Bonchev–Trinajstić information content (AvgIpc) is 2.92. The molecule has 0 saturated carbocycles. The zero-order valence-electron chi connectivity index (χ0n) is 12.1. The summed E-state index contributed by atoms with van der Waals surface area (Å²) in [7, 11) is 0. The Morgan fingerprint density at radius 3 is 2.90 bits per heavy atom. The molecule has 3 heteroatoms. The molecule has 1 atom stereocenters. The Morgan fingerprint density at radius 1 is 1.19 bits per heavy atom. The van der Waals surface area contributed by atoms with Crippen LogP contribution in [0.5, 0.6) is 0 Å². The standard InChI is InChI=1S/C18H20N2O/c21-18(20-12-10-16-6-3-4-11-19-16)13-15-9-8-14-5-1-2-7-17(14)15/h1-7,11,15H,8-10,12-13H2,(H,20,21)/t15-/m0/s1. The number of nitrogens with one attached hydrogen (secondary N) is 1. The van der Waals surface area contributed by atoms with Crippen molar-refractivity contribution in [2.24, 2.45) is 0 Å². The number of fused-ring (bicyclic) bond motifs is 1. The minimum absolute atomic E-state index is 0.146. The van der Waals surface area contributed by atoms with E-state index < -0.39 is 0 Å². The van der Waals surface area contributed by atoms with E-state index in [0.717, 1.165) is 25.0 Å². The maximum Gasteiger partial charge on any atom is 0.220 e. The van der Waals surface area contributed by atoms with E-state index in [1.165, 1.54) is 11.1 Å². The third-order valence-electron chi connectivity index (χ3n) is 4.12. The van der Waals surface area contributed by atoms with E-state index in [1.54, 1.807) is 6.20 Å². The average molecular weight is 280 g/mol. The van der Waals surface area contributed by atoms with Crippen molar-refractivity contribution in [1.82, 2.24) is 10.3 Å². The molecule has 1 aromatic carbocycles. The molecule has 0 fully saturated rings. The molecule has 1 aromatic heterocycles. The summed E-state index contributed by atoms with van der Waals surface area (Å²) in [5.74, 6) is 0.531. The molecule has 0 aliphatic heterocycles. The Kier molecular flexibility index (Phi) is 4.29. The van der Waals surface area contributed by atoms with Crippen LogP contribution in [0.15, 0.2) is 48.7 Å². The van der Waals surface area contributed by atoms with Gasteiger partial charge in [0.25, 0.3) is 0 Å². The highest BCUT2D eigenvalue weighted by Crippen LogP contribution is 2.34. The number of carbonyl (C=O) groups is 1. The molecule has 0 radical (unpaired) electrons. The molecule has 0 saturated heterocycles. The number of rotatable bonds is 5. The van der Waals surface area contributed by atoms with Gasteiger partial charge in [0.15, 0.2) is 0 Å². The van der Waals surface area contributed by atoms with Gasteiger partial charge in [-0.25, -0.2) is 0 Å². The number of hydrogen-bond acceptors (Lipinski definition) is 2. The Balaban J connectivity index is 1.47. The van der Waals surface area contributed by atoms with Crippen molar-refractivity contribution in [3.8, 4) is 0 Å². The second-order valence-corrected chi connectivity index (χ2v) is 5.56. The third kappa shape index (κ3) is 3.48. The lowest BCUT2D eigenvalue weighted by molar-refractivity contribution is -0.121. The van der Waals surface area contributed by atoms with Crippen LogP contribution in [0, 0.1) is 0 Å². The fourth-order valence-electron chi connectivity index (χ4n) is 3.03. The van der Waals surface area contributed by atoms with Crippen molar-refractivity contribution < 1.29 is 4.79 Å². The fraction of sp³-hybridized carbons (Fsp3) is 0.333. The molecule has 3 nitrogen and oxygen atoms in total. The van der Waals surface area contributed by atoms with Crippen LogP contribution in [0.2, 0.25) is 0 Å². The summed E-state index contributed by atoms with van der Waals surface area (Å²) in [6.07, 6.45) is 5.36. The summed E-state index contributed by atoms with van der Waals surface area (Å²) in [6, 6.07) is 14.3. The highest BCUT2D eigenvalue weighted by molar-refractivity contribution is 5.77. The first-order valence-corrected chi connectivity index (χ1v) is 7.57. The van der Waals surface area contributed by atoms with Gasteiger partial charge in [-0.15, -0.1) is 0 Å². The monoisotopic (exact) mass is 280 g/mol. The van der Waals surface area contributed by atoms with Crippen molar-refractivity contribution >= 4 is 5.91 Å². The van der Waals surface area contributed by atoms with Crippen molar-refractivity contribution in [3.05, 3.63) is 65.5 Å². The lowest BCUT2D eigenvalue weighted by Gasteiger charge is -2.11. The van der Waals surface area contributed by atoms with Crippen LogP contribution in [-0.4, -0.2) is 17.4 Å². The van der Waals surface area contributed by atoms with Crippen molar-refractivity contribution in [2.45, 2.75) is 31.6 Å². The molecule has 21 heavy (non-hydrogen) atoms. The van der Waals surface area contributed by atoms with Gasteiger partial charge in [0.1, 0.15) is 0 Å². The van der Waals surface area contributed by atoms with Gasteiger partial charge < -0.3 is 5.32 Å². The van der Waals surface area contributed by atoms with Gasteiger partial charge in [-0.2, -0.15) is 0 Å². The number of carbonyl (C=O) groups excluding carboxylic acids is 1. The number of nitrogens with zero attached hydrogens (tertiary/aromatic N) is 1. The number of aryl methyl sites for hydroxylation is 1. The van der Waals surface area contributed by atoms with E-state index in [4.69, 9.17) is 0 Å². The van der Waals surface area contributed by atoms with Gasteiger partial charge in [0.2, 0.25) is 5.91 Å². The van der Waals surface area contributed by atoms with Gasteiger partial charge in [0, 0.05) is 31.3 Å². The summed E-state index contributed by atoms with van der Waals surface area (Å²) >= 11 is 0. The van der Waals surface area contributed by atoms with Crippen LogP contribution in [0.1, 0.15) is 35.6 Å². The molecule has 2 aromatic rings. The fourth-order valence-corrected chi connectivity index (χ4v) is 3.03. The number of hydrogen-bond donors (Lipinski definition) is 1. The quantitative estimate of drug-likeness (QED) is 0.915. The van der Waals surface area contributed by atoms with Gasteiger partial charge in [-0.05, 0) is 42.0 Å². The number of benzene rings is 1. The van der Waals surface area contributed by atoms with Gasteiger partial charge in [-0.3, -0.25) is 9.78 Å². The molecule has 1 amide bonds. The van der Waals surface area contributed by atoms with Crippen molar-refractivity contribution in [3.63, 3.8) is 0 Å². The SMILES string of the molecule is O=C(C[C@@H]1CCc2ccccc21)NCCc1ccccn1. The normalized spacial score (nSPS) is 16.5. The molecule has 1 heterocycles. The Labute approximate surface area is 125 Å². The number of aromatic nitrogens is 1. The molecular weight excluding hydrogens is 260 g/mol. The van der Waals surface area contributed by atoms with Crippen LogP contribution in [0.25, 0.3) is 0 Å². The molecule has 1 N–H and O–H groups in total. The van der Waals surface area contributed by atoms with E-state index in [0.29, 0.717) is 18.9 Å². The zero-order chi connectivity index (χ0) is 14.5. The second kappa shape index (κ2) is 6.53. The number of amides is 1. The maximum absolute atomic E-state index is 12.1. The lowest BCUT2D eigenvalue weighted by atomic mass is 9.97. The first-order valence-electron chi connectivity index (χ1n) is 7.57. The van der Waals surface area contributed by atoms with Crippen LogP contribution >= 0.6 is 0 Å². The highest BCUT2D eigenvalue weighted by Gasteiger charge is 2.23. The molecule has 1 aliphatic carbocycles. The molecule has 3 rings (SSSR count). The second-order valence-electron chi connectivity index (χ2n) is 5.56. The maximum atomic E-state index is 12.1. The molecule has 0 spiro atoms. The zero-order valence-corrected chi connectivity index (χ0v) is 12.1. The highest BCUT2D eigenvalue weighted by atomic mass is 16.1. The minimum Gasteiger partial charge on any atom is -0.356 e. The van der Waals surface area contributed by atoms with Crippen LogP contribution < -0.4 is 5.32 Å². The Morgan fingerprint density at radius 2 is 2.05 bits per heavy atom. The first-order chi connectivity index (χ1) is 10.3. The smallest absolute Gasteiger partial charge is 0.220 e. The Bertz CT molecular complexity index is 610. The summed E-state index contributed by atoms with van der Waals surface area (Å²) in [5.41, 5.74) is 3.78. The summed E-state index contributed by atoms with van der Waals surface area (Å²) < 4.78 is 0. The first kappa shape index (κ1) is 13.8. The minimum atomic E-state index is 0.146. The van der Waals surface area contributed by atoms with Gasteiger partial charge in [-0.1, -0.05) is 30.3 Å².